The van der Waals surface area contributed by atoms with Gasteiger partial charge in [-0.25, -0.2) is 13.9 Å². The monoisotopic (exact) mass is 242 g/mol. The van der Waals surface area contributed by atoms with Crippen LogP contribution in [0, 0.1) is 12.7 Å². The van der Waals surface area contributed by atoms with Gasteiger partial charge in [-0.2, -0.15) is 5.10 Å². The van der Waals surface area contributed by atoms with E-state index >= 15 is 0 Å². The van der Waals surface area contributed by atoms with E-state index in [4.69, 9.17) is 5.73 Å². The molecule has 2 N–H and O–H groups in total. The van der Waals surface area contributed by atoms with Crippen molar-refractivity contribution in [3.05, 3.63) is 47.9 Å². The van der Waals surface area contributed by atoms with Crippen molar-refractivity contribution in [2.24, 2.45) is 0 Å². The van der Waals surface area contributed by atoms with Crippen LogP contribution in [0.1, 0.15) is 5.69 Å². The first kappa shape index (κ1) is 10.7. The average Bonchev–Trinajstić information content (AvgIpc) is 2.69. The third-order valence-electron chi connectivity index (χ3n) is 2.72. The molecule has 90 valence electrons. The molecule has 0 aliphatic carbocycles. The highest BCUT2D eigenvalue weighted by molar-refractivity contribution is 5.66. The Bertz CT molecular complexity index is 733. The highest BCUT2D eigenvalue weighted by Crippen LogP contribution is 2.24. The summed E-state index contributed by atoms with van der Waals surface area (Å²) in [7, 11) is 0. The number of nitrogens with two attached hydrogens (primary N) is 1. The van der Waals surface area contributed by atoms with E-state index in [9.17, 15) is 4.39 Å². The van der Waals surface area contributed by atoms with Crippen molar-refractivity contribution in [3.8, 4) is 11.3 Å². The van der Waals surface area contributed by atoms with Gasteiger partial charge in [-0.05, 0) is 19.1 Å². The van der Waals surface area contributed by atoms with Gasteiger partial charge in [0.2, 0.25) is 0 Å². The normalized spacial score (nSPS) is 11.0. The SMILES string of the molecule is Cc1cc2nc(N)cc(-c3ccccc3F)n2n1. The zero-order chi connectivity index (χ0) is 12.7. The molecule has 18 heavy (non-hydrogen) atoms. The Morgan fingerprint density at radius 2 is 2.00 bits per heavy atom. The summed E-state index contributed by atoms with van der Waals surface area (Å²) >= 11 is 0. The molecule has 0 saturated carbocycles. The first-order valence-corrected chi connectivity index (χ1v) is 5.53. The molecule has 0 amide bonds. The molecule has 4 nitrogen and oxygen atoms in total. The molecule has 1 aromatic carbocycles. The zero-order valence-electron chi connectivity index (χ0n) is 9.76. The molecule has 0 fully saturated rings. The van der Waals surface area contributed by atoms with Gasteiger partial charge in [0, 0.05) is 17.7 Å². The second-order valence-corrected chi connectivity index (χ2v) is 4.10. The largest absolute Gasteiger partial charge is 0.384 e. The third kappa shape index (κ3) is 1.60. The summed E-state index contributed by atoms with van der Waals surface area (Å²) in [6.07, 6.45) is 0. The van der Waals surface area contributed by atoms with Gasteiger partial charge in [0.05, 0.1) is 11.4 Å². The molecule has 0 radical (unpaired) electrons. The van der Waals surface area contributed by atoms with E-state index in [1.807, 2.05) is 6.92 Å². The Morgan fingerprint density at radius 3 is 2.78 bits per heavy atom. The van der Waals surface area contributed by atoms with E-state index in [1.165, 1.54) is 6.07 Å². The molecule has 0 atom stereocenters. The maximum atomic E-state index is 13.8. The highest BCUT2D eigenvalue weighted by Gasteiger charge is 2.11. The lowest BCUT2D eigenvalue weighted by Crippen LogP contribution is -2.01. The van der Waals surface area contributed by atoms with Gasteiger partial charge < -0.3 is 5.73 Å². The van der Waals surface area contributed by atoms with E-state index < -0.39 is 0 Å². The number of hydrogen-bond acceptors (Lipinski definition) is 3. The molecule has 0 spiro atoms. The summed E-state index contributed by atoms with van der Waals surface area (Å²) in [4.78, 5) is 4.17. The van der Waals surface area contributed by atoms with Gasteiger partial charge in [0.15, 0.2) is 5.65 Å². The van der Waals surface area contributed by atoms with Crippen molar-refractivity contribution in [2.75, 3.05) is 5.73 Å². The number of hydrogen-bond donors (Lipinski definition) is 1. The van der Waals surface area contributed by atoms with Crippen LogP contribution >= 0.6 is 0 Å². The summed E-state index contributed by atoms with van der Waals surface area (Å²) in [5.74, 6) is 0.0400. The Morgan fingerprint density at radius 1 is 1.22 bits per heavy atom. The van der Waals surface area contributed by atoms with Crippen molar-refractivity contribution >= 4 is 11.5 Å². The molecular weight excluding hydrogens is 231 g/mol. The number of fused-ring (bicyclic) bond motifs is 1. The van der Waals surface area contributed by atoms with Gasteiger partial charge in [0.25, 0.3) is 0 Å². The third-order valence-corrected chi connectivity index (χ3v) is 2.72. The number of nitrogen functional groups attached to an aromatic ring is 1. The number of rotatable bonds is 1. The summed E-state index contributed by atoms with van der Waals surface area (Å²) in [6, 6.07) is 9.96. The minimum Gasteiger partial charge on any atom is -0.384 e. The molecule has 3 rings (SSSR count). The minimum atomic E-state index is -0.308. The van der Waals surface area contributed by atoms with Crippen LogP contribution in [0.15, 0.2) is 36.4 Å². The van der Waals surface area contributed by atoms with E-state index in [2.05, 4.69) is 10.1 Å². The van der Waals surface area contributed by atoms with Gasteiger partial charge in [-0.1, -0.05) is 12.1 Å². The van der Waals surface area contributed by atoms with Crippen molar-refractivity contribution < 1.29 is 4.39 Å². The van der Waals surface area contributed by atoms with Crippen LogP contribution in [0.2, 0.25) is 0 Å². The molecule has 0 aliphatic heterocycles. The molecule has 2 heterocycles. The van der Waals surface area contributed by atoms with Crippen LogP contribution in [0.4, 0.5) is 10.2 Å². The lowest BCUT2D eigenvalue weighted by molar-refractivity contribution is 0.630. The summed E-state index contributed by atoms with van der Waals surface area (Å²) < 4.78 is 15.4. The predicted octanol–water partition coefficient (Wildman–Crippen LogP) is 2.43. The molecule has 3 aromatic rings. The molecule has 0 aliphatic rings. The van der Waals surface area contributed by atoms with Crippen LogP contribution < -0.4 is 5.73 Å². The van der Waals surface area contributed by atoms with Gasteiger partial charge >= 0.3 is 0 Å². The maximum absolute atomic E-state index is 13.8. The summed E-state index contributed by atoms with van der Waals surface area (Å²) in [5.41, 5.74) is 8.23. The topological polar surface area (TPSA) is 56.2 Å². The molecule has 5 heteroatoms. The van der Waals surface area contributed by atoms with E-state index in [0.717, 1.165) is 5.69 Å². The Hall–Kier alpha value is -2.43. The van der Waals surface area contributed by atoms with Crippen LogP contribution in [0.3, 0.4) is 0 Å². The first-order chi connectivity index (χ1) is 8.65. The molecule has 0 saturated heterocycles. The molecule has 2 aromatic heterocycles. The van der Waals surface area contributed by atoms with Gasteiger partial charge in [-0.3, -0.25) is 0 Å². The van der Waals surface area contributed by atoms with Crippen LogP contribution in [0.5, 0.6) is 0 Å². The maximum Gasteiger partial charge on any atom is 0.158 e. The fourth-order valence-electron chi connectivity index (χ4n) is 1.97. The highest BCUT2D eigenvalue weighted by atomic mass is 19.1. The van der Waals surface area contributed by atoms with Crippen molar-refractivity contribution in [1.82, 2.24) is 14.6 Å². The summed E-state index contributed by atoms with van der Waals surface area (Å²) in [5, 5.41) is 4.30. The second kappa shape index (κ2) is 3.80. The summed E-state index contributed by atoms with van der Waals surface area (Å²) in [6.45, 7) is 1.86. The van der Waals surface area contributed by atoms with Crippen LogP contribution in [-0.2, 0) is 0 Å². The number of aryl methyl sites for hydroxylation is 1. The lowest BCUT2D eigenvalue weighted by Gasteiger charge is -2.06. The fraction of sp³-hybridized carbons (Fsp3) is 0.0769. The molecular formula is C13H11FN4. The molecule has 0 unspecified atom stereocenters. The number of aromatic nitrogens is 3. The predicted molar refractivity (Wildman–Crippen MR) is 67.5 cm³/mol. The second-order valence-electron chi connectivity index (χ2n) is 4.10. The Kier molecular flexibility index (Phi) is 2.26. The van der Waals surface area contributed by atoms with Crippen molar-refractivity contribution in [2.45, 2.75) is 6.92 Å². The van der Waals surface area contributed by atoms with E-state index in [0.29, 0.717) is 22.7 Å². The average molecular weight is 242 g/mol. The van der Waals surface area contributed by atoms with Crippen molar-refractivity contribution in [3.63, 3.8) is 0 Å². The van der Waals surface area contributed by atoms with E-state index in [1.54, 1.807) is 34.8 Å². The van der Waals surface area contributed by atoms with Gasteiger partial charge in [-0.15, -0.1) is 0 Å². The number of halogens is 1. The van der Waals surface area contributed by atoms with Crippen molar-refractivity contribution in [1.29, 1.82) is 0 Å². The minimum absolute atomic E-state index is 0.308. The number of anilines is 1. The van der Waals surface area contributed by atoms with Crippen LogP contribution in [-0.4, -0.2) is 14.6 Å². The van der Waals surface area contributed by atoms with Gasteiger partial charge in [0.1, 0.15) is 11.6 Å². The first-order valence-electron chi connectivity index (χ1n) is 5.53. The quantitative estimate of drug-likeness (QED) is 0.713. The number of nitrogens with zero attached hydrogens (tertiary/aromatic N) is 3. The molecule has 0 bridgehead atoms. The Balaban J connectivity index is 2.38. The van der Waals surface area contributed by atoms with Crippen LogP contribution in [0.25, 0.3) is 16.9 Å². The lowest BCUT2D eigenvalue weighted by atomic mass is 10.1. The Labute approximate surface area is 103 Å². The fourth-order valence-corrected chi connectivity index (χ4v) is 1.97. The zero-order valence-corrected chi connectivity index (χ0v) is 9.76. The van der Waals surface area contributed by atoms with E-state index in [-0.39, 0.29) is 5.82 Å². The number of benzene rings is 1. The standard InChI is InChI=1S/C13H11FN4/c1-8-6-13-16-12(15)7-11(18(13)17-8)9-4-2-3-5-10(9)14/h2-7H,1H3,(H2,15,16). The smallest absolute Gasteiger partial charge is 0.158 e.